The monoisotopic (exact) mass is 323 g/mol. The van der Waals surface area contributed by atoms with E-state index >= 15 is 0 Å². The maximum absolute atomic E-state index is 13.7. The van der Waals surface area contributed by atoms with Crippen LogP contribution in [-0.2, 0) is 0 Å². The van der Waals surface area contributed by atoms with E-state index in [2.05, 4.69) is 26.7 Å². The Bertz CT molecular complexity index is 901. The minimum atomic E-state index is -0.744. The molecule has 0 bridgehead atoms. The molecule has 0 amide bonds. The fourth-order valence-corrected chi connectivity index (χ4v) is 2.05. The van der Waals surface area contributed by atoms with Gasteiger partial charge in [0.05, 0.1) is 11.3 Å². The van der Waals surface area contributed by atoms with Crippen molar-refractivity contribution < 1.29 is 8.78 Å². The second-order valence-electron chi connectivity index (χ2n) is 4.77. The first-order valence-corrected chi connectivity index (χ1v) is 6.97. The van der Waals surface area contributed by atoms with Gasteiger partial charge in [0, 0.05) is 6.20 Å². The second-order valence-corrected chi connectivity index (χ2v) is 4.77. The summed E-state index contributed by atoms with van der Waals surface area (Å²) in [5.41, 5.74) is 0.694. The summed E-state index contributed by atoms with van der Waals surface area (Å²) in [6.45, 7) is 0. The van der Waals surface area contributed by atoms with E-state index in [0.717, 1.165) is 12.1 Å². The van der Waals surface area contributed by atoms with E-state index in [-0.39, 0.29) is 11.6 Å². The van der Waals surface area contributed by atoms with E-state index in [1.54, 1.807) is 30.3 Å². The quantitative estimate of drug-likeness (QED) is 0.756. The molecule has 24 heavy (non-hydrogen) atoms. The molecule has 1 heterocycles. The summed E-state index contributed by atoms with van der Waals surface area (Å²) in [5.74, 6) is -1.08. The maximum Gasteiger partial charge on any atom is 0.229 e. The van der Waals surface area contributed by atoms with Crippen LogP contribution in [0.5, 0.6) is 0 Å². The van der Waals surface area contributed by atoms with Gasteiger partial charge in [-0.3, -0.25) is 0 Å². The number of hydrogen-bond donors (Lipinski definition) is 2. The number of nitriles is 1. The number of halogens is 2. The Balaban J connectivity index is 1.86. The molecule has 2 aromatic carbocycles. The van der Waals surface area contributed by atoms with Crippen LogP contribution in [0.1, 0.15) is 5.56 Å². The van der Waals surface area contributed by atoms with Crippen LogP contribution in [0.15, 0.2) is 54.7 Å². The Hall–Kier alpha value is -3.53. The third-order valence-corrected chi connectivity index (χ3v) is 3.17. The number of nitrogens with zero attached hydrogens (tertiary/aromatic N) is 3. The minimum Gasteiger partial charge on any atom is -0.339 e. The van der Waals surface area contributed by atoms with Crippen LogP contribution in [0.3, 0.4) is 0 Å². The summed E-state index contributed by atoms with van der Waals surface area (Å²) in [4.78, 5) is 8.09. The zero-order chi connectivity index (χ0) is 16.9. The maximum atomic E-state index is 13.7. The first-order chi connectivity index (χ1) is 11.7. The van der Waals surface area contributed by atoms with E-state index < -0.39 is 11.6 Å². The van der Waals surface area contributed by atoms with Crippen LogP contribution in [-0.4, -0.2) is 9.97 Å². The highest BCUT2D eigenvalue weighted by atomic mass is 19.1. The molecule has 0 aliphatic rings. The zero-order valence-electron chi connectivity index (χ0n) is 12.3. The molecule has 0 saturated carbocycles. The second kappa shape index (κ2) is 6.71. The van der Waals surface area contributed by atoms with Crippen molar-refractivity contribution in [2.24, 2.45) is 0 Å². The lowest BCUT2D eigenvalue weighted by molar-refractivity contribution is 0.590. The van der Waals surface area contributed by atoms with E-state index in [0.29, 0.717) is 17.1 Å². The molecular weight excluding hydrogens is 312 g/mol. The van der Waals surface area contributed by atoms with Gasteiger partial charge in [0.2, 0.25) is 5.95 Å². The number of anilines is 4. The minimum absolute atomic E-state index is 0.0263. The first-order valence-electron chi connectivity index (χ1n) is 6.97. The summed E-state index contributed by atoms with van der Waals surface area (Å²) in [5, 5.41) is 14.6. The summed E-state index contributed by atoms with van der Waals surface area (Å²) in [7, 11) is 0. The molecular formula is C17H11F2N5. The highest BCUT2D eigenvalue weighted by Gasteiger charge is 2.10. The van der Waals surface area contributed by atoms with Gasteiger partial charge in [-0.25, -0.2) is 13.8 Å². The van der Waals surface area contributed by atoms with Gasteiger partial charge in [-0.15, -0.1) is 0 Å². The number of aromatic nitrogens is 2. The number of para-hydroxylation sites is 2. The van der Waals surface area contributed by atoms with E-state index in [4.69, 9.17) is 5.26 Å². The van der Waals surface area contributed by atoms with Gasteiger partial charge in [-0.05, 0) is 30.3 Å². The summed E-state index contributed by atoms with van der Waals surface area (Å²) in [6.07, 6.45) is 1.44. The van der Waals surface area contributed by atoms with Crippen LogP contribution in [0.25, 0.3) is 0 Å². The van der Waals surface area contributed by atoms with Crippen LogP contribution in [0.4, 0.5) is 31.9 Å². The van der Waals surface area contributed by atoms with Gasteiger partial charge < -0.3 is 10.6 Å². The number of hydrogen-bond acceptors (Lipinski definition) is 5. The number of rotatable bonds is 4. The molecule has 0 radical (unpaired) electrons. The zero-order valence-corrected chi connectivity index (χ0v) is 12.3. The molecule has 5 nitrogen and oxygen atoms in total. The molecule has 1 aromatic heterocycles. The molecule has 0 fully saturated rings. The number of benzene rings is 2. The third kappa shape index (κ3) is 3.28. The van der Waals surface area contributed by atoms with E-state index in [1.165, 1.54) is 12.3 Å². The summed E-state index contributed by atoms with van der Waals surface area (Å²) < 4.78 is 27.3. The average molecular weight is 323 g/mol. The van der Waals surface area contributed by atoms with Gasteiger partial charge in [-0.1, -0.05) is 18.2 Å². The molecule has 0 saturated heterocycles. The van der Waals surface area contributed by atoms with Crippen LogP contribution in [0, 0.1) is 23.0 Å². The standard InChI is InChI=1S/C17H11F2N5/c18-12-5-3-6-13(19)16(12)24-17-21-9-8-15(23-17)22-14-7-2-1-4-11(14)10-20/h1-9H,(H2,21,22,23,24). The van der Waals surface area contributed by atoms with Crippen molar-refractivity contribution in [3.8, 4) is 6.07 Å². The predicted octanol–water partition coefficient (Wildman–Crippen LogP) is 4.11. The molecule has 0 aliphatic carbocycles. The van der Waals surface area contributed by atoms with Crippen molar-refractivity contribution in [3.63, 3.8) is 0 Å². The van der Waals surface area contributed by atoms with Crippen molar-refractivity contribution >= 4 is 23.1 Å². The van der Waals surface area contributed by atoms with Gasteiger partial charge in [0.25, 0.3) is 0 Å². The molecule has 7 heteroatoms. The summed E-state index contributed by atoms with van der Waals surface area (Å²) in [6, 6.07) is 14.1. The fraction of sp³-hybridized carbons (Fsp3) is 0. The Morgan fingerprint density at radius 2 is 1.67 bits per heavy atom. The Labute approximate surface area is 136 Å². The van der Waals surface area contributed by atoms with Crippen LogP contribution in [0.2, 0.25) is 0 Å². The first kappa shape index (κ1) is 15.4. The predicted molar refractivity (Wildman–Crippen MR) is 86.1 cm³/mol. The Kier molecular flexibility index (Phi) is 4.29. The van der Waals surface area contributed by atoms with Gasteiger partial charge in [-0.2, -0.15) is 10.2 Å². The van der Waals surface area contributed by atoms with Crippen molar-refractivity contribution in [1.29, 1.82) is 5.26 Å². The Morgan fingerprint density at radius 1 is 0.917 bits per heavy atom. The van der Waals surface area contributed by atoms with Crippen molar-refractivity contribution in [1.82, 2.24) is 9.97 Å². The van der Waals surface area contributed by atoms with Gasteiger partial charge in [0.1, 0.15) is 29.2 Å². The molecule has 0 atom stereocenters. The molecule has 3 rings (SSSR count). The largest absolute Gasteiger partial charge is 0.339 e. The van der Waals surface area contributed by atoms with Crippen LogP contribution >= 0.6 is 0 Å². The van der Waals surface area contributed by atoms with Gasteiger partial charge >= 0.3 is 0 Å². The topological polar surface area (TPSA) is 73.6 Å². The van der Waals surface area contributed by atoms with Crippen molar-refractivity contribution in [2.75, 3.05) is 10.6 Å². The lowest BCUT2D eigenvalue weighted by Gasteiger charge is -2.10. The molecule has 0 spiro atoms. The van der Waals surface area contributed by atoms with Crippen LogP contribution < -0.4 is 10.6 Å². The molecule has 0 aliphatic heterocycles. The normalized spacial score (nSPS) is 10.0. The third-order valence-electron chi connectivity index (χ3n) is 3.17. The SMILES string of the molecule is N#Cc1ccccc1Nc1ccnc(Nc2c(F)cccc2F)n1. The number of nitrogens with one attached hydrogen (secondary N) is 2. The van der Waals surface area contributed by atoms with Crippen molar-refractivity contribution in [3.05, 3.63) is 71.9 Å². The highest BCUT2D eigenvalue weighted by Crippen LogP contribution is 2.23. The highest BCUT2D eigenvalue weighted by molar-refractivity contribution is 5.65. The molecule has 2 N–H and O–H groups in total. The lowest BCUT2D eigenvalue weighted by atomic mass is 10.2. The van der Waals surface area contributed by atoms with Crippen molar-refractivity contribution in [2.45, 2.75) is 0 Å². The Morgan fingerprint density at radius 3 is 2.42 bits per heavy atom. The lowest BCUT2D eigenvalue weighted by Crippen LogP contribution is -2.03. The average Bonchev–Trinajstić information content (AvgIpc) is 2.59. The summed E-state index contributed by atoms with van der Waals surface area (Å²) >= 11 is 0. The van der Waals surface area contributed by atoms with Gasteiger partial charge in [0.15, 0.2) is 0 Å². The molecule has 118 valence electrons. The van der Waals surface area contributed by atoms with E-state index in [1.807, 2.05) is 0 Å². The molecule has 3 aromatic rings. The fourth-order valence-electron chi connectivity index (χ4n) is 2.05. The smallest absolute Gasteiger partial charge is 0.229 e. The molecule has 0 unspecified atom stereocenters. The van der Waals surface area contributed by atoms with E-state index in [9.17, 15) is 8.78 Å².